The molecule has 1 saturated carbocycles. The van der Waals surface area contributed by atoms with Crippen LogP contribution in [0, 0.1) is 5.92 Å². The molecule has 5 nitrogen and oxygen atoms in total. The topological polar surface area (TPSA) is 58.5 Å². The van der Waals surface area contributed by atoms with Gasteiger partial charge in [0.15, 0.2) is 5.15 Å². The summed E-state index contributed by atoms with van der Waals surface area (Å²) in [5.74, 6) is 0.987. The fourth-order valence-electron chi connectivity index (χ4n) is 2.93. The van der Waals surface area contributed by atoms with Gasteiger partial charge in [0.1, 0.15) is 0 Å². The van der Waals surface area contributed by atoms with Crippen LogP contribution < -0.4 is 4.74 Å². The molecule has 2 heterocycles. The highest BCUT2D eigenvalue weighted by atomic mass is 35.5. The van der Waals surface area contributed by atoms with Crippen molar-refractivity contribution in [2.24, 2.45) is 5.92 Å². The molecule has 2 atom stereocenters. The molecule has 1 aliphatic heterocycles. The number of halogens is 1. The van der Waals surface area contributed by atoms with Crippen LogP contribution in [-0.4, -0.2) is 51.8 Å². The summed E-state index contributed by atoms with van der Waals surface area (Å²) in [5, 5.41) is 10.2. The zero-order valence-electron chi connectivity index (χ0n) is 10.7. The molecule has 0 radical (unpaired) electrons. The third-order valence-electron chi connectivity index (χ3n) is 3.95. The molecule has 2 fully saturated rings. The lowest BCUT2D eigenvalue weighted by Crippen LogP contribution is -2.56. The van der Waals surface area contributed by atoms with E-state index in [9.17, 15) is 5.11 Å². The van der Waals surface area contributed by atoms with Crippen LogP contribution in [0.4, 0.5) is 0 Å². The van der Waals surface area contributed by atoms with Crippen LogP contribution in [0.5, 0.6) is 5.88 Å². The lowest BCUT2D eigenvalue weighted by Gasteiger charge is -2.43. The normalized spacial score (nSPS) is 28.3. The molecule has 19 heavy (non-hydrogen) atoms. The number of rotatable bonds is 4. The Balaban J connectivity index is 1.42. The van der Waals surface area contributed by atoms with E-state index in [0.717, 1.165) is 32.4 Å². The van der Waals surface area contributed by atoms with Crippen molar-refractivity contribution in [2.45, 2.75) is 31.4 Å². The van der Waals surface area contributed by atoms with Crippen molar-refractivity contribution in [1.82, 2.24) is 14.9 Å². The Hall–Kier alpha value is -0.910. The number of aliphatic hydroxyl groups excluding tert-OH is 1. The first-order valence-corrected chi connectivity index (χ1v) is 7.12. The van der Waals surface area contributed by atoms with Gasteiger partial charge in [-0.25, -0.2) is 0 Å². The first kappa shape index (κ1) is 13.1. The lowest BCUT2D eigenvalue weighted by molar-refractivity contribution is -0.0162. The van der Waals surface area contributed by atoms with Gasteiger partial charge in [-0.15, -0.1) is 0 Å². The van der Waals surface area contributed by atoms with E-state index in [1.807, 2.05) is 0 Å². The predicted octanol–water partition coefficient (Wildman–Crippen LogP) is 1.35. The summed E-state index contributed by atoms with van der Waals surface area (Å²) in [4.78, 5) is 10.3. The van der Waals surface area contributed by atoms with Gasteiger partial charge in [-0.2, -0.15) is 4.98 Å². The van der Waals surface area contributed by atoms with Crippen LogP contribution in [0.25, 0.3) is 0 Å². The minimum atomic E-state index is -0.138. The molecule has 0 bridgehead atoms. The van der Waals surface area contributed by atoms with Gasteiger partial charge < -0.3 is 9.84 Å². The predicted molar refractivity (Wildman–Crippen MR) is 71.2 cm³/mol. The lowest BCUT2D eigenvalue weighted by atomic mass is 9.97. The number of hydrogen-bond donors (Lipinski definition) is 1. The maximum atomic E-state index is 9.84. The van der Waals surface area contributed by atoms with E-state index in [1.54, 1.807) is 6.20 Å². The summed E-state index contributed by atoms with van der Waals surface area (Å²) in [5.41, 5.74) is 0. The Morgan fingerprint density at radius 2 is 2.21 bits per heavy atom. The van der Waals surface area contributed by atoms with E-state index in [4.69, 9.17) is 16.3 Å². The summed E-state index contributed by atoms with van der Waals surface area (Å²) in [6.07, 6.45) is 6.13. The van der Waals surface area contributed by atoms with Crippen LogP contribution in [0.15, 0.2) is 12.4 Å². The first-order valence-electron chi connectivity index (χ1n) is 6.75. The molecular weight excluding hydrogens is 266 g/mol. The molecule has 6 heteroatoms. The fourth-order valence-corrected chi connectivity index (χ4v) is 3.07. The van der Waals surface area contributed by atoms with Crippen LogP contribution in [-0.2, 0) is 0 Å². The summed E-state index contributed by atoms with van der Waals surface area (Å²) in [6, 6.07) is 0.363. The SMILES string of the molecule is OC1CCCC1N1CC(COc2cncc(Cl)n2)C1. The molecule has 1 aromatic rings. The zero-order valence-corrected chi connectivity index (χ0v) is 11.5. The van der Waals surface area contributed by atoms with E-state index < -0.39 is 0 Å². The maximum absolute atomic E-state index is 9.84. The standard InChI is InChI=1S/C13H18ClN3O2/c14-12-4-15-5-13(16-12)19-8-9-6-17(7-9)10-2-1-3-11(10)18/h4-5,9-11,18H,1-3,6-8H2. The van der Waals surface area contributed by atoms with Crippen LogP contribution in [0.3, 0.4) is 0 Å². The van der Waals surface area contributed by atoms with E-state index in [0.29, 0.717) is 29.6 Å². The Bertz CT molecular complexity index is 440. The fraction of sp³-hybridized carbons (Fsp3) is 0.692. The quantitative estimate of drug-likeness (QED) is 0.904. The number of aliphatic hydroxyl groups is 1. The smallest absolute Gasteiger partial charge is 0.233 e. The number of nitrogens with zero attached hydrogens (tertiary/aromatic N) is 3. The van der Waals surface area contributed by atoms with Gasteiger partial charge >= 0.3 is 0 Å². The van der Waals surface area contributed by atoms with Gasteiger partial charge in [0.25, 0.3) is 0 Å². The Morgan fingerprint density at radius 1 is 1.37 bits per heavy atom. The summed E-state index contributed by atoms with van der Waals surface area (Å²) in [7, 11) is 0. The second kappa shape index (κ2) is 5.61. The van der Waals surface area contributed by atoms with Crippen LogP contribution >= 0.6 is 11.6 Å². The van der Waals surface area contributed by atoms with Crippen molar-refractivity contribution in [1.29, 1.82) is 0 Å². The van der Waals surface area contributed by atoms with Crippen molar-refractivity contribution in [2.75, 3.05) is 19.7 Å². The molecule has 1 aliphatic carbocycles. The van der Waals surface area contributed by atoms with Crippen molar-refractivity contribution in [3.05, 3.63) is 17.5 Å². The van der Waals surface area contributed by atoms with Crippen molar-refractivity contribution in [3.63, 3.8) is 0 Å². The van der Waals surface area contributed by atoms with Gasteiger partial charge in [0.2, 0.25) is 5.88 Å². The van der Waals surface area contributed by atoms with Gasteiger partial charge in [-0.05, 0) is 19.3 Å². The molecule has 1 N–H and O–H groups in total. The third kappa shape index (κ3) is 2.99. The second-order valence-electron chi connectivity index (χ2n) is 5.38. The Kier molecular flexibility index (Phi) is 3.86. The third-order valence-corrected chi connectivity index (χ3v) is 4.13. The molecule has 104 valence electrons. The van der Waals surface area contributed by atoms with E-state index in [2.05, 4.69) is 14.9 Å². The molecule has 1 aromatic heterocycles. The highest BCUT2D eigenvalue weighted by Crippen LogP contribution is 2.30. The van der Waals surface area contributed by atoms with Crippen LogP contribution in [0.2, 0.25) is 5.15 Å². The molecule has 2 aliphatic rings. The van der Waals surface area contributed by atoms with E-state index in [1.165, 1.54) is 6.20 Å². The van der Waals surface area contributed by atoms with E-state index >= 15 is 0 Å². The number of aromatic nitrogens is 2. The van der Waals surface area contributed by atoms with Crippen molar-refractivity contribution in [3.8, 4) is 5.88 Å². The van der Waals surface area contributed by atoms with E-state index in [-0.39, 0.29) is 6.10 Å². The molecule has 1 saturated heterocycles. The number of likely N-dealkylation sites (tertiary alicyclic amines) is 1. The molecule has 0 spiro atoms. The average Bonchev–Trinajstić information content (AvgIpc) is 2.74. The number of ether oxygens (including phenoxy) is 1. The zero-order chi connectivity index (χ0) is 13.2. The monoisotopic (exact) mass is 283 g/mol. The average molecular weight is 284 g/mol. The molecule has 2 unspecified atom stereocenters. The Morgan fingerprint density at radius 3 is 2.89 bits per heavy atom. The highest BCUT2D eigenvalue weighted by molar-refractivity contribution is 6.29. The molecule has 3 rings (SSSR count). The summed E-state index contributed by atoms with van der Waals surface area (Å²) < 4.78 is 5.58. The largest absolute Gasteiger partial charge is 0.476 e. The van der Waals surface area contributed by atoms with Gasteiger partial charge in [0, 0.05) is 25.0 Å². The van der Waals surface area contributed by atoms with Gasteiger partial charge in [-0.3, -0.25) is 9.88 Å². The summed E-state index contributed by atoms with van der Waals surface area (Å²) in [6.45, 7) is 2.62. The van der Waals surface area contributed by atoms with Crippen LogP contribution in [0.1, 0.15) is 19.3 Å². The minimum absolute atomic E-state index is 0.138. The van der Waals surface area contributed by atoms with Gasteiger partial charge in [-0.1, -0.05) is 11.6 Å². The maximum Gasteiger partial charge on any atom is 0.233 e. The molecular formula is C13H18ClN3O2. The first-order chi connectivity index (χ1) is 9.22. The molecule has 0 aromatic carbocycles. The second-order valence-corrected chi connectivity index (χ2v) is 5.76. The van der Waals surface area contributed by atoms with Gasteiger partial charge in [0.05, 0.1) is 25.1 Å². The number of hydrogen-bond acceptors (Lipinski definition) is 5. The van der Waals surface area contributed by atoms with Crippen molar-refractivity contribution >= 4 is 11.6 Å². The minimum Gasteiger partial charge on any atom is -0.476 e. The Labute approximate surface area is 117 Å². The molecule has 0 amide bonds. The highest BCUT2D eigenvalue weighted by Gasteiger charge is 2.38. The summed E-state index contributed by atoms with van der Waals surface area (Å²) >= 11 is 5.74. The van der Waals surface area contributed by atoms with Crippen molar-refractivity contribution < 1.29 is 9.84 Å².